The summed E-state index contributed by atoms with van der Waals surface area (Å²) in [4.78, 5) is 4.10. The van der Waals surface area contributed by atoms with Gasteiger partial charge >= 0.3 is 0 Å². The van der Waals surface area contributed by atoms with Gasteiger partial charge in [0.05, 0.1) is 5.69 Å². The third-order valence-electron chi connectivity index (χ3n) is 1.18. The van der Waals surface area contributed by atoms with Gasteiger partial charge in [0.25, 0.3) is 0 Å². The van der Waals surface area contributed by atoms with Crippen LogP contribution in [0.15, 0.2) is 24.4 Å². The first kappa shape index (κ1) is 7.18. The van der Waals surface area contributed by atoms with E-state index in [1.165, 1.54) is 0 Å². The lowest BCUT2D eigenvalue weighted by atomic mass is 10.3. The molecule has 1 aromatic rings. The predicted octanol–water partition coefficient (Wildman–Crippen LogP) is 0.0874. The Labute approximate surface area is 60.3 Å². The second kappa shape index (κ2) is 3.98. The topological polar surface area (TPSA) is 50.9 Å². The lowest BCUT2D eigenvalue weighted by Crippen LogP contribution is -2.21. The lowest BCUT2D eigenvalue weighted by molar-refractivity contribution is 0.694. The normalized spacial score (nSPS) is 9.70. The Kier molecular flexibility index (Phi) is 2.86. The van der Waals surface area contributed by atoms with Crippen molar-refractivity contribution in [2.24, 2.45) is 5.73 Å². The van der Waals surface area contributed by atoms with E-state index < -0.39 is 0 Å². The molecule has 54 valence electrons. The summed E-state index contributed by atoms with van der Waals surface area (Å²) in [6.07, 6.45) is 1.77. The van der Waals surface area contributed by atoms with E-state index in [9.17, 15) is 0 Å². The highest BCUT2D eigenvalue weighted by Crippen LogP contribution is 1.90. The van der Waals surface area contributed by atoms with Crippen LogP contribution < -0.4 is 11.1 Å². The molecule has 3 heteroatoms. The molecule has 0 aliphatic carbocycles. The van der Waals surface area contributed by atoms with E-state index in [-0.39, 0.29) is 0 Å². The zero-order valence-electron chi connectivity index (χ0n) is 5.75. The van der Waals surface area contributed by atoms with Crippen LogP contribution >= 0.6 is 0 Å². The van der Waals surface area contributed by atoms with Crippen molar-refractivity contribution in [3.05, 3.63) is 30.1 Å². The van der Waals surface area contributed by atoms with Crippen LogP contribution in [-0.4, -0.2) is 11.7 Å². The lowest BCUT2D eigenvalue weighted by Gasteiger charge is -1.98. The molecule has 10 heavy (non-hydrogen) atoms. The largest absolute Gasteiger partial charge is 0.318 e. The second-order valence-corrected chi connectivity index (χ2v) is 1.95. The van der Waals surface area contributed by atoms with E-state index in [2.05, 4.69) is 10.3 Å². The summed E-state index contributed by atoms with van der Waals surface area (Å²) in [7, 11) is 0. The minimum atomic E-state index is 0.497. The average molecular weight is 137 g/mol. The van der Waals surface area contributed by atoms with Crippen LogP contribution in [0.5, 0.6) is 0 Å². The van der Waals surface area contributed by atoms with E-state index in [1.807, 2.05) is 18.2 Å². The zero-order chi connectivity index (χ0) is 7.23. The van der Waals surface area contributed by atoms with Crippen LogP contribution in [0.1, 0.15) is 5.69 Å². The highest BCUT2D eigenvalue weighted by atomic mass is 15.0. The van der Waals surface area contributed by atoms with Crippen LogP contribution in [0.25, 0.3) is 0 Å². The van der Waals surface area contributed by atoms with Gasteiger partial charge in [-0.05, 0) is 12.1 Å². The van der Waals surface area contributed by atoms with Gasteiger partial charge in [-0.1, -0.05) is 6.07 Å². The maximum absolute atomic E-state index is 5.24. The number of nitrogens with one attached hydrogen (secondary N) is 1. The minimum absolute atomic E-state index is 0.497. The number of pyridine rings is 1. The van der Waals surface area contributed by atoms with Crippen molar-refractivity contribution >= 4 is 0 Å². The van der Waals surface area contributed by atoms with Crippen molar-refractivity contribution in [3.8, 4) is 0 Å². The molecule has 0 bridgehead atoms. The molecular formula is C7H11N3. The van der Waals surface area contributed by atoms with Crippen LogP contribution in [0.3, 0.4) is 0 Å². The van der Waals surface area contributed by atoms with Crippen molar-refractivity contribution < 1.29 is 0 Å². The maximum atomic E-state index is 5.24. The Morgan fingerprint density at radius 3 is 3.00 bits per heavy atom. The molecule has 3 N–H and O–H groups in total. The molecule has 0 spiro atoms. The molecule has 0 aromatic carbocycles. The van der Waals surface area contributed by atoms with Crippen LogP contribution in [-0.2, 0) is 6.54 Å². The third-order valence-corrected chi connectivity index (χ3v) is 1.18. The van der Waals surface area contributed by atoms with E-state index in [4.69, 9.17) is 5.73 Å². The van der Waals surface area contributed by atoms with Crippen molar-refractivity contribution in [3.63, 3.8) is 0 Å². The van der Waals surface area contributed by atoms with E-state index in [0.717, 1.165) is 12.2 Å². The zero-order valence-corrected chi connectivity index (χ0v) is 5.75. The van der Waals surface area contributed by atoms with E-state index in [1.54, 1.807) is 6.20 Å². The van der Waals surface area contributed by atoms with Gasteiger partial charge in [0.15, 0.2) is 0 Å². The first-order valence-corrected chi connectivity index (χ1v) is 3.24. The van der Waals surface area contributed by atoms with Crippen molar-refractivity contribution in [1.29, 1.82) is 0 Å². The van der Waals surface area contributed by atoms with Gasteiger partial charge < -0.3 is 5.73 Å². The molecule has 0 aliphatic rings. The number of nitrogens with zero attached hydrogens (tertiary/aromatic N) is 1. The Hall–Kier alpha value is -0.930. The molecule has 0 fully saturated rings. The molecule has 0 radical (unpaired) electrons. The summed E-state index contributed by atoms with van der Waals surface area (Å²) in [5.41, 5.74) is 6.26. The Balaban J connectivity index is 2.43. The molecule has 1 aromatic heterocycles. The SMILES string of the molecule is NCNCc1ccccn1. The molecule has 1 heterocycles. The van der Waals surface area contributed by atoms with Gasteiger partial charge in [-0.15, -0.1) is 0 Å². The standard InChI is InChI=1S/C7H11N3/c8-6-9-5-7-3-1-2-4-10-7/h1-4,9H,5-6,8H2. The van der Waals surface area contributed by atoms with Crippen molar-refractivity contribution in [1.82, 2.24) is 10.3 Å². The second-order valence-electron chi connectivity index (χ2n) is 1.95. The molecular weight excluding hydrogens is 126 g/mol. The molecule has 0 unspecified atom stereocenters. The molecule has 0 atom stereocenters. The molecule has 1 rings (SSSR count). The van der Waals surface area contributed by atoms with E-state index in [0.29, 0.717) is 6.67 Å². The van der Waals surface area contributed by atoms with Gasteiger partial charge in [0.1, 0.15) is 0 Å². The number of hydrogen-bond donors (Lipinski definition) is 2. The molecule has 0 amide bonds. The predicted molar refractivity (Wildman–Crippen MR) is 40.1 cm³/mol. The first-order chi connectivity index (χ1) is 4.93. The van der Waals surface area contributed by atoms with Crippen molar-refractivity contribution in [2.75, 3.05) is 6.67 Å². The van der Waals surface area contributed by atoms with Gasteiger partial charge in [0.2, 0.25) is 0 Å². The quantitative estimate of drug-likeness (QED) is 0.580. The van der Waals surface area contributed by atoms with Crippen LogP contribution in [0, 0.1) is 0 Å². The smallest absolute Gasteiger partial charge is 0.0542 e. The molecule has 0 saturated heterocycles. The molecule has 3 nitrogen and oxygen atoms in total. The fourth-order valence-corrected chi connectivity index (χ4v) is 0.703. The minimum Gasteiger partial charge on any atom is -0.318 e. The number of nitrogens with two attached hydrogens (primary N) is 1. The molecule has 0 aliphatic heterocycles. The van der Waals surface area contributed by atoms with Crippen molar-refractivity contribution in [2.45, 2.75) is 6.54 Å². The maximum Gasteiger partial charge on any atom is 0.0542 e. The number of rotatable bonds is 3. The number of aromatic nitrogens is 1. The number of hydrogen-bond acceptors (Lipinski definition) is 3. The third kappa shape index (κ3) is 2.13. The van der Waals surface area contributed by atoms with E-state index >= 15 is 0 Å². The summed E-state index contributed by atoms with van der Waals surface area (Å²) in [6, 6.07) is 5.81. The summed E-state index contributed by atoms with van der Waals surface area (Å²) < 4.78 is 0. The molecule has 0 saturated carbocycles. The summed E-state index contributed by atoms with van der Waals surface area (Å²) in [5, 5.41) is 2.98. The van der Waals surface area contributed by atoms with Gasteiger partial charge in [-0.25, -0.2) is 0 Å². The van der Waals surface area contributed by atoms with Gasteiger partial charge in [0, 0.05) is 19.4 Å². The van der Waals surface area contributed by atoms with Gasteiger partial charge in [-0.3, -0.25) is 10.3 Å². The average Bonchev–Trinajstić information content (AvgIpc) is 2.03. The summed E-state index contributed by atoms with van der Waals surface area (Å²) in [5.74, 6) is 0. The monoisotopic (exact) mass is 137 g/mol. The van der Waals surface area contributed by atoms with Crippen LogP contribution in [0.2, 0.25) is 0 Å². The first-order valence-electron chi connectivity index (χ1n) is 3.24. The summed E-state index contributed by atoms with van der Waals surface area (Å²) >= 11 is 0. The van der Waals surface area contributed by atoms with Crippen LogP contribution in [0.4, 0.5) is 0 Å². The fourth-order valence-electron chi connectivity index (χ4n) is 0.703. The highest BCUT2D eigenvalue weighted by Gasteiger charge is 1.87. The summed E-state index contributed by atoms with van der Waals surface area (Å²) in [6.45, 7) is 1.24. The highest BCUT2D eigenvalue weighted by molar-refractivity contribution is 5.02. The van der Waals surface area contributed by atoms with Gasteiger partial charge in [-0.2, -0.15) is 0 Å². The fraction of sp³-hybridized carbons (Fsp3) is 0.286. The Morgan fingerprint density at radius 1 is 1.50 bits per heavy atom. The Bertz CT molecular complexity index is 173. The Morgan fingerprint density at radius 2 is 2.40 bits per heavy atom.